The number of nitrogens with zero attached hydrogens (tertiary/aromatic N) is 2. The maximum absolute atomic E-state index is 13.0. The molecule has 1 aliphatic rings. The average Bonchev–Trinajstić information content (AvgIpc) is 3.32. The number of non-ortho nitro benzene ring substituents is 1. The molecule has 156 valence electrons. The summed E-state index contributed by atoms with van der Waals surface area (Å²) in [4.78, 5) is 25.3. The molecule has 2 heterocycles. The van der Waals surface area contributed by atoms with Crippen LogP contribution in [0.5, 0.6) is 0 Å². The Balaban J connectivity index is 1.55. The van der Waals surface area contributed by atoms with Gasteiger partial charge in [-0.25, -0.2) is 0 Å². The average molecular weight is 451 g/mol. The molecule has 0 aliphatic carbocycles. The van der Waals surface area contributed by atoms with Crippen molar-refractivity contribution >= 4 is 51.7 Å². The van der Waals surface area contributed by atoms with Gasteiger partial charge in [0.25, 0.3) is 11.6 Å². The topological polar surface area (TPSA) is 76.6 Å². The largest absolute Gasteiger partial charge is 0.457 e. The number of carbonyl (C=O) groups is 1. The Hall–Kier alpha value is -3.23. The van der Waals surface area contributed by atoms with Gasteiger partial charge >= 0.3 is 0 Å². The highest BCUT2D eigenvalue weighted by molar-refractivity contribution is 8.27. The van der Waals surface area contributed by atoms with Crippen LogP contribution in [0.15, 0.2) is 70.0 Å². The van der Waals surface area contributed by atoms with Crippen molar-refractivity contribution < 1.29 is 14.1 Å². The predicted octanol–water partition coefficient (Wildman–Crippen LogP) is 6.38. The van der Waals surface area contributed by atoms with E-state index < -0.39 is 4.92 Å². The van der Waals surface area contributed by atoms with Gasteiger partial charge in [-0.1, -0.05) is 50.0 Å². The van der Waals surface area contributed by atoms with Gasteiger partial charge in [0.1, 0.15) is 11.5 Å². The summed E-state index contributed by atoms with van der Waals surface area (Å²) < 4.78 is 6.29. The maximum Gasteiger partial charge on any atom is 0.270 e. The molecule has 31 heavy (non-hydrogen) atoms. The van der Waals surface area contributed by atoms with Crippen LogP contribution in [0.25, 0.3) is 17.4 Å². The van der Waals surface area contributed by atoms with Crippen LogP contribution in [0.4, 0.5) is 11.4 Å². The lowest BCUT2D eigenvalue weighted by molar-refractivity contribution is -0.384. The number of rotatable bonds is 5. The number of hydrogen-bond acceptors (Lipinski definition) is 6. The van der Waals surface area contributed by atoms with Crippen LogP contribution >= 0.6 is 24.0 Å². The van der Waals surface area contributed by atoms with E-state index in [1.807, 2.05) is 24.3 Å². The Kier molecular flexibility index (Phi) is 5.75. The summed E-state index contributed by atoms with van der Waals surface area (Å²) in [5.41, 5.74) is 2.66. The molecule has 0 atom stereocenters. The number of nitro groups is 1. The molecule has 4 rings (SSSR count). The predicted molar refractivity (Wildman–Crippen MR) is 127 cm³/mol. The first-order chi connectivity index (χ1) is 14.8. The van der Waals surface area contributed by atoms with Crippen LogP contribution in [-0.2, 0) is 4.79 Å². The molecule has 1 saturated heterocycles. The van der Waals surface area contributed by atoms with E-state index in [0.29, 0.717) is 32.2 Å². The molecule has 1 aromatic heterocycles. The molecule has 1 fully saturated rings. The van der Waals surface area contributed by atoms with Crippen LogP contribution in [0.1, 0.15) is 31.1 Å². The number of amides is 1. The van der Waals surface area contributed by atoms with Gasteiger partial charge in [0.05, 0.1) is 15.5 Å². The number of nitro benzene ring substituents is 1. The molecular formula is C23H18N2O4S2. The molecule has 8 heteroatoms. The van der Waals surface area contributed by atoms with E-state index in [2.05, 4.69) is 13.8 Å². The fraction of sp³-hybridized carbons (Fsp3) is 0.130. The number of furan rings is 1. The Morgan fingerprint density at radius 3 is 2.35 bits per heavy atom. The summed E-state index contributed by atoms with van der Waals surface area (Å²) in [6.07, 6.45) is 1.66. The van der Waals surface area contributed by atoms with E-state index in [0.717, 1.165) is 5.69 Å². The Bertz CT molecular complexity index is 1200. The van der Waals surface area contributed by atoms with Crippen molar-refractivity contribution in [2.24, 2.45) is 0 Å². The smallest absolute Gasteiger partial charge is 0.270 e. The third-order valence-corrected chi connectivity index (χ3v) is 6.18. The normalized spacial score (nSPS) is 15.3. The van der Waals surface area contributed by atoms with E-state index >= 15 is 0 Å². The molecule has 0 bridgehead atoms. The van der Waals surface area contributed by atoms with Crippen molar-refractivity contribution in [1.29, 1.82) is 0 Å². The van der Waals surface area contributed by atoms with Crippen LogP contribution in [-0.4, -0.2) is 15.2 Å². The Morgan fingerprint density at radius 2 is 1.74 bits per heavy atom. The third kappa shape index (κ3) is 4.30. The number of thiocarbonyl (C=S) groups is 1. The number of hydrogen-bond donors (Lipinski definition) is 0. The molecule has 1 aliphatic heterocycles. The zero-order valence-electron chi connectivity index (χ0n) is 16.8. The molecule has 0 radical (unpaired) electrons. The van der Waals surface area contributed by atoms with E-state index in [1.165, 1.54) is 34.4 Å². The lowest BCUT2D eigenvalue weighted by Gasteiger charge is -2.15. The van der Waals surface area contributed by atoms with Gasteiger partial charge in [-0.05, 0) is 47.9 Å². The summed E-state index contributed by atoms with van der Waals surface area (Å²) in [7, 11) is 0. The highest BCUT2D eigenvalue weighted by atomic mass is 32.2. The van der Waals surface area contributed by atoms with Crippen molar-refractivity contribution in [2.45, 2.75) is 19.8 Å². The SMILES string of the molecule is CC(C)c1ccc(N2C(=O)C(=Cc3ccc(-c4ccc([N+](=O)[O-])cc4)o3)SC2=S)cc1. The summed E-state index contributed by atoms with van der Waals surface area (Å²) >= 11 is 6.66. The number of anilines is 1. The van der Waals surface area contributed by atoms with Crippen LogP contribution < -0.4 is 4.90 Å². The highest BCUT2D eigenvalue weighted by Gasteiger charge is 2.33. The van der Waals surface area contributed by atoms with Crippen molar-refractivity contribution in [1.82, 2.24) is 0 Å². The second-order valence-corrected chi connectivity index (χ2v) is 8.95. The maximum atomic E-state index is 13.0. The summed E-state index contributed by atoms with van der Waals surface area (Å²) in [6.45, 7) is 4.23. The highest BCUT2D eigenvalue weighted by Crippen LogP contribution is 2.37. The minimum Gasteiger partial charge on any atom is -0.457 e. The fourth-order valence-electron chi connectivity index (χ4n) is 3.16. The number of carbonyl (C=O) groups excluding carboxylic acids is 1. The second kappa shape index (κ2) is 8.49. The molecular weight excluding hydrogens is 432 g/mol. The van der Waals surface area contributed by atoms with Gasteiger partial charge in [0, 0.05) is 23.8 Å². The molecule has 0 saturated carbocycles. The minimum absolute atomic E-state index is 0.0145. The second-order valence-electron chi connectivity index (χ2n) is 7.27. The molecule has 0 spiro atoms. The van der Waals surface area contributed by atoms with Crippen molar-refractivity contribution in [3.8, 4) is 11.3 Å². The minimum atomic E-state index is -0.449. The van der Waals surface area contributed by atoms with E-state index in [-0.39, 0.29) is 11.6 Å². The van der Waals surface area contributed by atoms with Crippen LogP contribution in [0.2, 0.25) is 0 Å². The van der Waals surface area contributed by atoms with Gasteiger partial charge < -0.3 is 4.42 Å². The first-order valence-electron chi connectivity index (χ1n) is 9.56. The molecule has 2 aromatic carbocycles. The van der Waals surface area contributed by atoms with Crippen LogP contribution in [0, 0.1) is 10.1 Å². The van der Waals surface area contributed by atoms with Gasteiger partial charge in [-0.3, -0.25) is 19.8 Å². The monoisotopic (exact) mass is 450 g/mol. The molecule has 1 amide bonds. The van der Waals surface area contributed by atoms with Gasteiger partial charge in [0.2, 0.25) is 0 Å². The van der Waals surface area contributed by atoms with E-state index in [4.69, 9.17) is 16.6 Å². The first kappa shape index (κ1) is 21.0. The fourth-order valence-corrected chi connectivity index (χ4v) is 4.44. The lowest BCUT2D eigenvalue weighted by Crippen LogP contribution is -2.27. The standard InChI is InChI=1S/C23H18N2O4S2/c1-14(2)15-3-7-17(8-4-15)24-22(26)21(31-23(24)30)13-19-11-12-20(29-19)16-5-9-18(10-6-16)25(27)28/h3-14H,1-2H3. The zero-order chi connectivity index (χ0) is 22.1. The van der Waals surface area contributed by atoms with Crippen molar-refractivity contribution in [3.63, 3.8) is 0 Å². The zero-order valence-corrected chi connectivity index (χ0v) is 18.4. The van der Waals surface area contributed by atoms with Crippen LogP contribution in [0.3, 0.4) is 0 Å². The molecule has 3 aromatic rings. The van der Waals surface area contributed by atoms with Gasteiger partial charge in [0.15, 0.2) is 4.32 Å². The van der Waals surface area contributed by atoms with Crippen molar-refractivity contribution in [3.05, 3.63) is 87.0 Å². The molecule has 0 N–H and O–H groups in total. The Morgan fingerprint density at radius 1 is 1.06 bits per heavy atom. The molecule has 6 nitrogen and oxygen atoms in total. The first-order valence-corrected chi connectivity index (χ1v) is 10.8. The van der Waals surface area contributed by atoms with Gasteiger partial charge in [-0.15, -0.1) is 0 Å². The molecule has 0 unspecified atom stereocenters. The number of benzene rings is 2. The van der Waals surface area contributed by atoms with E-state index in [9.17, 15) is 14.9 Å². The third-order valence-electron chi connectivity index (χ3n) is 4.87. The number of thioether (sulfide) groups is 1. The summed E-state index contributed by atoms with van der Waals surface area (Å²) in [6, 6.07) is 17.4. The van der Waals surface area contributed by atoms with Gasteiger partial charge in [-0.2, -0.15) is 0 Å². The summed E-state index contributed by atoms with van der Waals surface area (Å²) in [5.74, 6) is 1.27. The summed E-state index contributed by atoms with van der Waals surface area (Å²) in [5, 5.41) is 10.8. The lowest BCUT2D eigenvalue weighted by atomic mass is 10.0. The van der Waals surface area contributed by atoms with E-state index in [1.54, 1.807) is 30.3 Å². The van der Waals surface area contributed by atoms with Crippen molar-refractivity contribution in [2.75, 3.05) is 4.90 Å². The quantitative estimate of drug-likeness (QED) is 0.194. The Labute approximate surface area is 188 Å².